The number of hydrogen-bond donors (Lipinski definition) is 1. The number of nitrogens with zero attached hydrogens (tertiary/aromatic N) is 1. The number of nitrogens with one attached hydrogen (secondary N) is 1. The minimum Gasteiger partial charge on any atom is -0.352 e. The average Bonchev–Trinajstić information content (AvgIpc) is 2.38. The third-order valence-electron chi connectivity index (χ3n) is 3.04. The molecule has 0 radical (unpaired) electrons. The second kappa shape index (κ2) is 7.39. The molecule has 0 saturated heterocycles. The van der Waals surface area contributed by atoms with Crippen molar-refractivity contribution in [2.45, 2.75) is 33.7 Å². The summed E-state index contributed by atoms with van der Waals surface area (Å²) in [6, 6.07) is 9.32. The topological polar surface area (TPSA) is 70.0 Å². The molecule has 0 bridgehead atoms. The van der Waals surface area contributed by atoms with Gasteiger partial charge in [0.2, 0.25) is 5.91 Å². The molecule has 0 aliphatic heterocycles. The lowest BCUT2D eigenvalue weighted by Gasteiger charge is -2.11. The molecule has 1 aromatic rings. The van der Waals surface area contributed by atoms with Gasteiger partial charge < -0.3 is 5.32 Å². The van der Waals surface area contributed by atoms with E-state index in [9.17, 15) is 9.59 Å². The molecule has 0 aromatic heterocycles. The van der Waals surface area contributed by atoms with Crippen LogP contribution in [0.15, 0.2) is 30.3 Å². The van der Waals surface area contributed by atoms with Gasteiger partial charge in [-0.15, -0.1) is 0 Å². The predicted octanol–water partition coefficient (Wildman–Crippen LogP) is 2.63. The molecule has 0 fully saturated rings. The Hall–Kier alpha value is -2.41. The third kappa shape index (κ3) is 4.57. The number of aryl methyl sites for hydroxylation is 1. The van der Waals surface area contributed by atoms with Crippen LogP contribution in [0, 0.1) is 24.2 Å². The van der Waals surface area contributed by atoms with Crippen LogP contribution in [0.3, 0.4) is 0 Å². The Morgan fingerprint density at radius 3 is 2.43 bits per heavy atom. The number of allylic oxidation sites excluding steroid dienone is 2. The van der Waals surface area contributed by atoms with Crippen LogP contribution in [-0.2, 0) is 9.59 Å². The van der Waals surface area contributed by atoms with E-state index in [-0.39, 0.29) is 6.04 Å². The van der Waals surface area contributed by atoms with Crippen LogP contribution in [0.5, 0.6) is 0 Å². The smallest absolute Gasteiger partial charge is 0.245 e. The molecule has 0 saturated carbocycles. The quantitative estimate of drug-likeness (QED) is 0.667. The van der Waals surface area contributed by atoms with Crippen molar-refractivity contribution in [1.82, 2.24) is 5.32 Å². The van der Waals surface area contributed by atoms with E-state index in [2.05, 4.69) is 5.32 Å². The summed E-state index contributed by atoms with van der Waals surface area (Å²) in [4.78, 5) is 24.0. The van der Waals surface area contributed by atoms with Crippen molar-refractivity contribution in [1.29, 1.82) is 5.26 Å². The van der Waals surface area contributed by atoms with Crippen molar-refractivity contribution in [3.8, 4) is 6.07 Å². The van der Waals surface area contributed by atoms with Crippen molar-refractivity contribution in [2.24, 2.45) is 5.92 Å². The standard InChI is InChI=1S/C17H20N2O2/c1-11(2)19-17(21)15(10-18)16(20)9-13(4)14-8-6-5-7-12(14)3/h5-9,11,15H,1-4H3,(H,19,21)/b13-9+. The van der Waals surface area contributed by atoms with Gasteiger partial charge in [-0.3, -0.25) is 9.59 Å². The number of benzene rings is 1. The molecule has 4 nitrogen and oxygen atoms in total. The number of hydrogen-bond acceptors (Lipinski definition) is 3. The highest BCUT2D eigenvalue weighted by Crippen LogP contribution is 2.18. The summed E-state index contributed by atoms with van der Waals surface area (Å²) in [6.45, 7) is 7.32. The molecule has 1 N–H and O–H groups in total. The lowest BCUT2D eigenvalue weighted by Crippen LogP contribution is -2.38. The highest BCUT2D eigenvalue weighted by molar-refractivity contribution is 6.11. The molecule has 1 atom stereocenters. The maximum atomic E-state index is 12.1. The zero-order valence-corrected chi connectivity index (χ0v) is 12.8. The molecule has 1 rings (SSSR count). The summed E-state index contributed by atoms with van der Waals surface area (Å²) in [5.41, 5.74) is 2.72. The Morgan fingerprint density at radius 1 is 1.29 bits per heavy atom. The molecular formula is C17H20N2O2. The van der Waals surface area contributed by atoms with Crippen LogP contribution >= 0.6 is 0 Å². The van der Waals surface area contributed by atoms with Crippen LogP contribution in [0.25, 0.3) is 5.57 Å². The normalized spacial score (nSPS) is 12.7. The predicted molar refractivity (Wildman–Crippen MR) is 82.2 cm³/mol. The first-order valence-electron chi connectivity index (χ1n) is 6.85. The van der Waals surface area contributed by atoms with E-state index in [0.29, 0.717) is 0 Å². The summed E-state index contributed by atoms with van der Waals surface area (Å²) < 4.78 is 0. The average molecular weight is 284 g/mol. The Morgan fingerprint density at radius 2 is 1.90 bits per heavy atom. The van der Waals surface area contributed by atoms with Crippen LogP contribution in [-0.4, -0.2) is 17.7 Å². The lowest BCUT2D eigenvalue weighted by molar-refractivity contribution is -0.129. The van der Waals surface area contributed by atoms with Gasteiger partial charge in [-0.2, -0.15) is 5.26 Å². The van der Waals surface area contributed by atoms with Gasteiger partial charge in [-0.25, -0.2) is 0 Å². The molecule has 21 heavy (non-hydrogen) atoms. The van der Waals surface area contributed by atoms with Gasteiger partial charge in [0.25, 0.3) is 0 Å². The first-order valence-corrected chi connectivity index (χ1v) is 6.85. The third-order valence-corrected chi connectivity index (χ3v) is 3.04. The van der Waals surface area contributed by atoms with Gasteiger partial charge in [-0.1, -0.05) is 24.3 Å². The van der Waals surface area contributed by atoms with Crippen molar-refractivity contribution >= 4 is 17.3 Å². The summed E-state index contributed by atoms with van der Waals surface area (Å²) in [7, 11) is 0. The number of carbonyl (C=O) groups excluding carboxylic acids is 2. The maximum absolute atomic E-state index is 12.1. The number of rotatable bonds is 5. The van der Waals surface area contributed by atoms with Gasteiger partial charge >= 0.3 is 0 Å². The van der Waals surface area contributed by atoms with Crippen LogP contribution in [0.2, 0.25) is 0 Å². The van der Waals surface area contributed by atoms with E-state index in [1.165, 1.54) is 6.08 Å². The highest BCUT2D eigenvalue weighted by atomic mass is 16.2. The SMILES string of the molecule is C/C(=C\C(=O)C(C#N)C(=O)NC(C)C)c1ccccc1C. The first-order chi connectivity index (χ1) is 9.86. The fourth-order valence-corrected chi connectivity index (χ4v) is 2.01. The lowest BCUT2D eigenvalue weighted by atomic mass is 9.97. The van der Waals surface area contributed by atoms with Crippen molar-refractivity contribution < 1.29 is 9.59 Å². The van der Waals surface area contributed by atoms with E-state index >= 15 is 0 Å². The molecule has 1 amide bonds. The second-order valence-corrected chi connectivity index (χ2v) is 5.27. The Balaban J connectivity index is 2.97. The second-order valence-electron chi connectivity index (χ2n) is 5.27. The van der Waals surface area contributed by atoms with Crippen molar-refractivity contribution in [2.75, 3.05) is 0 Å². The van der Waals surface area contributed by atoms with E-state index in [4.69, 9.17) is 5.26 Å². The minimum absolute atomic E-state index is 0.109. The van der Waals surface area contributed by atoms with E-state index in [0.717, 1.165) is 16.7 Å². The summed E-state index contributed by atoms with van der Waals surface area (Å²) in [5, 5.41) is 11.6. The fraction of sp³-hybridized carbons (Fsp3) is 0.353. The van der Waals surface area contributed by atoms with Gasteiger partial charge in [0, 0.05) is 6.04 Å². The van der Waals surface area contributed by atoms with E-state index < -0.39 is 17.6 Å². The number of nitriles is 1. The molecule has 0 heterocycles. The van der Waals surface area contributed by atoms with E-state index in [1.54, 1.807) is 26.8 Å². The van der Waals surface area contributed by atoms with Gasteiger partial charge in [0.1, 0.15) is 0 Å². The summed E-state index contributed by atoms with van der Waals surface area (Å²) >= 11 is 0. The maximum Gasteiger partial charge on any atom is 0.245 e. The molecule has 0 spiro atoms. The molecular weight excluding hydrogens is 264 g/mol. The number of carbonyl (C=O) groups is 2. The molecule has 110 valence electrons. The fourth-order valence-electron chi connectivity index (χ4n) is 2.01. The van der Waals surface area contributed by atoms with Crippen LogP contribution in [0.4, 0.5) is 0 Å². The van der Waals surface area contributed by atoms with Gasteiger partial charge in [0.15, 0.2) is 11.7 Å². The monoisotopic (exact) mass is 284 g/mol. The van der Waals surface area contributed by atoms with Crippen LogP contribution in [0.1, 0.15) is 31.9 Å². The summed E-state index contributed by atoms with van der Waals surface area (Å²) in [5.74, 6) is -2.34. The molecule has 1 aromatic carbocycles. The number of amides is 1. The van der Waals surface area contributed by atoms with Gasteiger partial charge in [0.05, 0.1) is 6.07 Å². The zero-order valence-electron chi connectivity index (χ0n) is 12.8. The molecule has 0 aliphatic carbocycles. The highest BCUT2D eigenvalue weighted by Gasteiger charge is 2.25. The van der Waals surface area contributed by atoms with Crippen LogP contribution < -0.4 is 5.32 Å². The largest absolute Gasteiger partial charge is 0.352 e. The Labute approximate surface area is 125 Å². The minimum atomic E-state index is -1.30. The Kier molecular flexibility index (Phi) is 5.86. The molecule has 0 aliphatic rings. The molecule has 4 heteroatoms. The first kappa shape index (κ1) is 16.6. The van der Waals surface area contributed by atoms with Crippen molar-refractivity contribution in [3.63, 3.8) is 0 Å². The zero-order chi connectivity index (χ0) is 16.0. The summed E-state index contributed by atoms with van der Waals surface area (Å²) in [6.07, 6.45) is 1.37. The van der Waals surface area contributed by atoms with E-state index in [1.807, 2.05) is 31.2 Å². The van der Waals surface area contributed by atoms with Crippen molar-refractivity contribution in [3.05, 3.63) is 41.5 Å². The Bertz CT molecular complexity index is 609. The molecule has 1 unspecified atom stereocenters. The van der Waals surface area contributed by atoms with Gasteiger partial charge in [-0.05, 0) is 50.5 Å². The number of ketones is 1.